The van der Waals surface area contributed by atoms with Crippen LogP contribution in [-0.2, 0) is 0 Å². The maximum atomic E-state index is 13.9. The van der Waals surface area contributed by atoms with Gasteiger partial charge in [0.15, 0.2) is 5.82 Å². The van der Waals surface area contributed by atoms with Crippen molar-refractivity contribution in [2.75, 3.05) is 43.4 Å². The van der Waals surface area contributed by atoms with Gasteiger partial charge in [0.25, 0.3) is 5.56 Å². The highest BCUT2D eigenvalue weighted by Gasteiger charge is 2.15. The van der Waals surface area contributed by atoms with E-state index in [4.69, 9.17) is 0 Å². The molecule has 0 bridgehead atoms. The molecule has 1 N–H and O–H groups in total. The molecule has 7 heteroatoms. The molecular weight excluding hydrogens is 369 g/mol. The molecule has 1 aromatic carbocycles. The van der Waals surface area contributed by atoms with E-state index in [2.05, 4.69) is 39.3 Å². The summed E-state index contributed by atoms with van der Waals surface area (Å²) in [4.78, 5) is 21.3. The number of pyridine rings is 2. The van der Waals surface area contributed by atoms with E-state index in [-0.39, 0.29) is 6.04 Å². The molecule has 1 saturated heterocycles. The van der Waals surface area contributed by atoms with Crippen LogP contribution in [0.25, 0.3) is 10.9 Å². The van der Waals surface area contributed by atoms with Gasteiger partial charge in [-0.15, -0.1) is 0 Å². The largest absolute Gasteiger partial charge is 0.369 e. The molecular formula is C22H26FN5O. The van der Waals surface area contributed by atoms with Crippen LogP contribution in [0.3, 0.4) is 0 Å². The number of aromatic nitrogens is 2. The lowest BCUT2D eigenvalue weighted by Gasteiger charge is -2.34. The summed E-state index contributed by atoms with van der Waals surface area (Å²) in [6.45, 7) is 7.92. The molecule has 6 nitrogen and oxygen atoms in total. The van der Waals surface area contributed by atoms with E-state index in [0.717, 1.165) is 31.9 Å². The second kappa shape index (κ2) is 7.83. The Kier molecular flexibility index (Phi) is 5.24. The number of benzene rings is 1. The number of nitrogens with one attached hydrogen (secondary N) is 1. The number of likely N-dealkylation sites (N-methyl/N-ethyl adjacent to an activating group) is 1. The number of anilines is 3. The summed E-state index contributed by atoms with van der Waals surface area (Å²) >= 11 is 0. The summed E-state index contributed by atoms with van der Waals surface area (Å²) in [7, 11) is 2.15. The molecule has 0 amide bonds. The Bertz CT molecular complexity index is 1070. The van der Waals surface area contributed by atoms with Gasteiger partial charge < -0.3 is 19.7 Å². The van der Waals surface area contributed by atoms with Gasteiger partial charge in [-0.05, 0) is 51.2 Å². The Morgan fingerprint density at radius 2 is 1.76 bits per heavy atom. The number of hydrogen-bond acceptors (Lipinski definition) is 5. The van der Waals surface area contributed by atoms with E-state index in [1.165, 1.54) is 16.3 Å². The van der Waals surface area contributed by atoms with Crippen molar-refractivity contribution >= 4 is 28.1 Å². The van der Waals surface area contributed by atoms with E-state index in [1.807, 2.05) is 26.0 Å². The van der Waals surface area contributed by atoms with Crippen LogP contribution in [0.2, 0.25) is 0 Å². The smallest absolute Gasteiger partial charge is 0.287 e. The molecule has 0 spiro atoms. The fourth-order valence-corrected chi connectivity index (χ4v) is 3.75. The number of rotatable bonds is 4. The van der Waals surface area contributed by atoms with Crippen molar-refractivity contribution in [3.05, 3.63) is 58.8 Å². The van der Waals surface area contributed by atoms with Crippen molar-refractivity contribution in [2.24, 2.45) is 0 Å². The molecule has 4 rings (SSSR count). The van der Waals surface area contributed by atoms with Gasteiger partial charge in [0.2, 0.25) is 0 Å². The SMILES string of the molecule is CC(C)n1c(=O)c(F)cc2cnc(Nc3ccc(N4CCN(C)CC4)cc3)cc21. The number of piperazine rings is 1. The predicted molar refractivity (Wildman–Crippen MR) is 116 cm³/mol. The molecule has 152 valence electrons. The summed E-state index contributed by atoms with van der Waals surface area (Å²) in [6.07, 6.45) is 1.59. The van der Waals surface area contributed by atoms with Crippen LogP contribution < -0.4 is 15.8 Å². The van der Waals surface area contributed by atoms with E-state index in [0.29, 0.717) is 16.7 Å². The Labute approximate surface area is 169 Å². The third-order valence-electron chi connectivity index (χ3n) is 5.40. The topological polar surface area (TPSA) is 53.4 Å². The molecule has 0 saturated carbocycles. The van der Waals surface area contributed by atoms with E-state index >= 15 is 0 Å². The lowest BCUT2D eigenvalue weighted by molar-refractivity contribution is 0.313. The van der Waals surface area contributed by atoms with E-state index in [9.17, 15) is 9.18 Å². The van der Waals surface area contributed by atoms with Crippen molar-refractivity contribution in [1.82, 2.24) is 14.5 Å². The molecule has 3 heterocycles. The molecule has 1 fully saturated rings. The monoisotopic (exact) mass is 395 g/mol. The molecule has 0 unspecified atom stereocenters. The predicted octanol–water partition coefficient (Wildman–Crippen LogP) is 3.61. The van der Waals surface area contributed by atoms with Gasteiger partial charge in [0, 0.05) is 61.2 Å². The van der Waals surface area contributed by atoms with Crippen molar-refractivity contribution in [3.63, 3.8) is 0 Å². The second-order valence-electron chi connectivity index (χ2n) is 7.85. The summed E-state index contributed by atoms with van der Waals surface area (Å²) in [5, 5.41) is 3.89. The van der Waals surface area contributed by atoms with Crippen LogP contribution in [0.4, 0.5) is 21.6 Å². The van der Waals surface area contributed by atoms with Crippen LogP contribution in [-0.4, -0.2) is 47.7 Å². The van der Waals surface area contributed by atoms with E-state index in [1.54, 1.807) is 12.3 Å². The summed E-state index contributed by atoms with van der Waals surface area (Å²) in [5.74, 6) is -0.140. The Morgan fingerprint density at radius 1 is 1.07 bits per heavy atom. The van der Waals surface area contributed by atoms with Gasteiger partial charge in [-0.2, -0.15) is 0 Å². The molecule has 0 radical (unpaired) electrons. The Hall–Kier alpha value is -2.93. The zero-order valence-electron chi connectivity index (χ0n) is 17.0. The maximum Gasteiger partial charge on any atom is 0.287 e. The van der Waals surface area contributed by atoms with Crippen LogP contribution in [0.1, 0.15) is 19.9 Å². The lowest BCUT2D eigenvalue weighted by Crippen LogP contribution is -2.44. The van der Waals surface area contributed by atoms with Gasteiger partial charge in [-0.3, -0.25) is 4.79 Å². The molecule has 29 heavy (non-hydrogen) atoms. The summed E-state index contributed by atoms with van der Waals surface area (Å²) < 4.78 is 15.4. The zero-order valence-corrected chi connectivity index (χ0v) is 17.0. The highest BCUT2D eigenvalue weighted by Crippen LogP contribution is 2.24. The molecule has 3 aromatic rings. The van der Waals surface area contributed by atoms with Gasteiger partial charge in [-0.1, -0.05) is 0 Å². The summed E-state index contributed by atoms with van der Waals surface area (Å²) in [6, 6.07) is 11.2. The van der Waals surface area contributed by atoms with Crippen LogP contribution in [0.5, 0.6) is 0 Å². The number of fused-ring (bicyclic) bond motifs is 1. The highest BCUT2D eigenvalue weighted by molar-refractivity contribution is 5.81. The van der Waals surface area contributed by atoms with Crippen LogP contribution >= 0.6 is 0 Å². The minimum Gasteiger partial charge on any atom is -0.369 e. The first kappa shape index (κ1) is 19.4. The molecule has 0 aliphatic carbocycles. The average Bonchev–Trinajstić information content (AvgIpc) is 2.70. The third kappa shape index (κ3) is 3.96. The quantitative estimate of drug-likeness (QED) is 0.731. The van der Waals surface area contributed by atoms with Crippen LogP contribution in [0, 0.1) is 5.82 Å². The maximum absolute atomic E-state index is 13.9. The number of hydrogen-bond donors (Lipinski definition) is 1. The first-order chi connectivity index (χ1) is 13.9. The highest BCUT2D eigenvalue weighted by atomic mass is 19.1. The van der Waals surface area contributed by atoms with Crippen molar-refractivity contribution in [3.8, 4) is 0 Å². The van der Waals surface area contributed by atoms with Crippen LogP contribution in [0.15, 0.2) is 47.4 Å². The number of halogens is 1. The second-order valence-corrected chi connectivity index (χ2v) is 7.85. The first-order valence-electron chi connectivity index (χ1n) is 9.94. The minimum atomic E-state index is -0.756. The van der Waals surface area contributed by atoms with E-state index < -0.39 is 11.4 Å². The van der Waals surface area contributed by atoms with Gasteiger partial charge in [0.1, 0.15) is 5.82 Å². The molecule has 1 aliphatic rings. The number of nitrogens with zero attached hydrogens (tertiary/aromatic N) is 4. The first-order valence-corrected chi connectivity index (χ1v) is 9.94. The van der Waals surface area contributed by atoms with Crippen molar-refractivity contribution in [2.45, 2.75) is 19.9 Å². The van der Waals surface area contributed by atoms with Gasteiger partial charge in [0.05, 0.1) is 5.52 Å². The fraction of sp³-hybridized carbons (Fsp3) is 0.364. The zero-order chi connectivity index (χ0) is 20.5. The standard InChI is InChI=1S/C22H26FN5O/c1-15(2)28-20-13-21(24-14-16(20)12-19(23)22(28)29)25-17-4-6-18(7-5-17)27-10-8-26(3)9-11-27/h4-7,12-15H,8-11H2,1-3H3,(H,24,25). The minimum absolute atomic E-state index is 0.154. The summed E-state index contributed by atoms with van der Waals surface area (Å²) in [5.41, 5.74) is 2.17. The molecule has 2 aromatic heterocycles. The molecule has 1 aliphatic heterocycles. The van der Waals surface area contributed by atoms with Crippen molar-refractivity contribution < 1.29 is 4.39 Å². The fourth-order valence-electron chi connectivity index (χ4n) is 3.75. The normalized spacial score (nSPS) is 15.3. The Morgan fingerprint density at radius 3 is 2.41 bits per heavy atom. The lowest BCUT2D eigenvalue weighted by atomic mass is 10.2. The average molecular weight is 395 g/mol. The molecule has 0 atom stereocenters. The van der Waals surface area contributed by atoms with Crippen molar-refractivity contribution in [1.29, 1.82) is 0 Å². The third-order valence-corrected chi connectivity index (χ3v) is 5.40. The van der Waals surface area contributed by atoms with Gasteiger partial charge in [-0.25, -0.2) is 9.37 Å². The Balaban J connectivity index is 1.58. The van der Waals surface area contributed by atoms with Gasteiger partial charge >= 0.3 is 0 Å².